The summed E-state index contributed by atoms with van der Waals surface area (Å²) in [5.74, 6) is 0.841. The monoisotopic (exact) mass is 170 g/mol. The molecular formula is C10H18O2. The van der Waals surface area contributed by atoms with Crippen molar-refractivity contribution in [1.82, 2.24) is 0 Å². The molecule has 70 valence electrons. The highest BCUT2D eigenvalue weighted by Gasteiger charge is 2.55. The average molecular weight is 170 g/mol. The Morgan fingerprint density at radius 2 is 2.00 bits per heavy atom. The van der Waals surface area contributed by atoms with Crippen LogP contribution < -0.4 is 0 Å². The molecule has 0 amide bonds. The van der Waals surface area contributed by atoms with Gasteiger partial charge in [-0.3, -0.25) is 0 Å². The molecule has 1 fully saturated rings. The lowest BCUT2D eigenvalue weighted by Crippen LogP contribution is -1.93. The van der Waals surface area contributed by atoms with Crippen LogP contribution in [0.1, 0.15) is 20.8 Å². The minimum Gasteiger partial charge on any atom is -0.396 e. The van der Waals surface area contributed by atoms with Crippen molar-refractivity contribution >= 4 is 0 Å². The first kappa shape index (κ1) is 9.75. The number of allylic oxidation sites excluding steroid dienone is 1. The lowest BCUT2D eigenvalue weighted by atomic mass is 10.1. The molecule has 2 heteroatoms. The Balaban J connectivity index is 2.58. The fourth-order valence-electron chi connectivity index (χ4n) is 1.83. The van der Waals surface area contributed by atoms with E-state index in [1.807, 2.05) is 6.92 Å². The first-order valence-electron chi connectivity index (χ1n) is 4.43. The molecular weight excluding hydrogens is 152 g/mol. The Labute approximate surface area is 73.9 Å². The molecule has 1 saturated carbocycles. The SMILES string of the molecule is C/C(=C\C1[C@@H](CO)C1(C)C)CO. The molecule has 12 heavy (non-hydrogen) atoms. The Morgan fingerprint density at radius 1 is 1.42 bits per heavy atom. The van der Waals surface area contributed by atoms with Crippen molar-refractivity contribution in [3.8, 4) is 0 Å². The Kier molecular flexibility index (Phi) is 2.59. The van der Waals surface area contributed by atoms with E-state index in [1.54, 1.807) is 0 Å². The highest BCUT2D eigenvalue weighted by Crippen LogP contribution is 2.58. The Morgan fingerprint density at radius 3 is 2.33 bits per heavy atom. The maximum atomic E-state index is 9.01. The summed E-state index contributed by atoms with van der Waals surface area (Å²) < 4.78 is 0. The van der Waals surface area contributed by atoms with Crippen molar-refractivity contribution in [3.63, 3.8) is 0 Å². The fraction of sp³-hybridized carbons (Fsp3) is 0.800. The molecule has 0 aromatic heterocycles. The molecule has 0 spiro atoms. The Bertz CT molecular complexity index is 194. The smallest absolute Gasteiger partial charge is 0.0639 e. The molecule has 0 aliphatic heterocycles. The summed E-state index contributed by atoms with van der Waals surface area (Å²) in [6.45, 7) is 6.61. The van der Waals surface area contributed by atoms with Gasteiger partial charge in [0.15, 0.2) is 0 Å². The standard InChI is InChI=1S/C10H18O2/c1-7(5-11)4-8-9(6-12)10(8,2)3/h4,8-9,11-12H,5-6H2,1-3H3/b7-4+/t8?,9-/m1/s1. The fourth-order valence-corrected chi connectivity index (χ4v) is 1.83. The molecule has 0 heterocycles. The number of aliphatic hydroxyl groups excluding tert-OH is 2. The van der Waals surface area contributed by atoms with E-state index >= 15 is 0 Å². The zero-order valence-electron chi connectivity index (χ0n) is 8.04. The van der Waals surface area contributed by atoms with Crippen LogP contribution in [-0.4, -0.2) is 23.4 Å². The van der Waals surface area contributed by atoms with Crippen LogP contribution in [0.15, 0.2) is 11.6 Å². The highest BCUT2D eigenvalue weighted by atomic mass is 16.3. The predicted octanol–water partition coefficient (Wildman–Crippen LogP) is 1.19. The third kappa shape index (κ3) is 1.54. The van der Waals surface area contributed by atoms with Gasteiger partial charge < -0.3 is 10.2 Å². The summed E-state index contributed by atoms with van der Waals surface area (Å²) in [5.41, 5.74) is 1.23. The number of hydrogen-bond donors (Lipinski definition) is 2. The van der Waals surface area contributed by atoms with Crippen molar-refractivity contribution < 1.29 is 10.2 Å². The molecule has 2 nitrogen and oxygen atoms in total. The van der Waals surface area contributed by atoms with Gasteiger partial charge in [0.1, 0.15) is 0 Å². The van der Waals surface area contributed by atoms with E-state index in [9.17, 15) is 0 Å². The van der Waals surface area contributed by atoms with Crippen LogP contribution in [0, 0.1) is 17.3 Å². The topological polar surface area (TPSA) is 40.5 Å². The van der Waals surface area contributed by atoms with E-state index in [-0.39, 0.29) is 18.6 Å². The number of rotatable bonds is 3. The maximum absolute atomic E-state index is 9.01. The zero-order chi connectivity index (χ0) is 9.35. The minimum atomic E-state index is 0.130. The Hall–Kier alpha value is -0.340. The van der Waals surface area contributed by atoms with Crippen molar-refractivity contribution in [2.24, 2.45) is 17.3 Å². The molecule has 1 unspecified atom stereocenters. The van der Waals surface area contributed by atoms with Gasteiger partial charge in [-0.1, -0.05) is 25.5 Å². The van der Waals surface area contributed by atoms with Crippen LogP contribution in [0.4, 0.5) is 0 Å². The molecule has 1 aliphatic carbocycles. The summed E-state index contributed by atoms with van der Waals surface area (Å²) >= 11 is 0. The molecule has 1 rings (SSSR count). The summed E-state index contributed by atoms with van der Waals surface area (Å²) in [4.78, 5) is 0. The van der Waals surface area contributed by atoms with Crippen molar-refractivity contribution in [1.29, 1.82) is 0 Å². The normalized spacial score (nSPS) is 33.6. The van der Waals surface area contributed by atoms with E-state index in [4.69, 9.17) is 10.2 Å². The van der Waals surface area contributed by atoms with Crippen LogP contribution in [0.2, 0.25) is 0 Å². The first-order valence-corrected chi connectivity index (χ1v) is 4.43. The lowest BCUT2D eigenvalue weighted by Gasteiger charge is -1.98. The number of hydrogen-bond acceptors (Lipinski definition) is 2. The number of aliphatic hydroxyl groups is 2. The van der Waals surface area contributed by atoms with Gasteiger partial charge in [0.05, 0.1) is 6.61 Å². The lowest BCUT2D eigenvalue weighted by molar-refractivity contribution is 0.256. The predicted molar refractivity (Wildman–Crippen MR) is 48.7 cm³/mol. The van der Waals surface area contributed by atoms with Gasteiger partial charge >= 0.3 is 0 Å². The van der Waals surface area contributed by atoms with Crippen molar-refractivity contribution in [2.75, 3.05) is 13.2 Å². The quantitative estimate of drug-likeness (QED) is 0.625. The second-order valence-electron chi connectivity index (χ2n) is 4.31. The van der Waals surface area contributed by atoms with Gasteiger partial charge in [-0.05, 0) is 24.2 Å². The van der Waals surface area contributed by atoms with Crippen LogP contribution >= 0.6 is 0 Å². The molecule has 0 saturated heterocycles. The van der Waals surface area contributed by atoms with Crippen LogP contribution in [0.3, 0.4) is 0 Å². The molecule has 1 aliphatic rings. The molecule has 0 bridgehead atoms. The maximum Gasteiger partial charge on any atom is 0.0639 e. The van der Waals surface area contributed by atoms with E-state index < -0.39 is 0 Å². The molecule has 2 atom stereocenters. The van der Waals surface area contributed by atoms with Gasteiger partial charge in [-0.2, -0.15) is 0 Å². The van der Waals surface area contributed by atoms with Gasteiger partial charge in [0.2, 0.25) is 0 Å². The third-order valence-electron chi connectivity index (χ3n) is 3.05. The zero-order valence-corrected chi connectivity index (χ0v) is 8.04. The summed E-state index contributed by atoms with van der Waals surface area (Å²) in [6, 6.07) is 0. The second-order valence-corrected chi connectivity index (χ2v) is 4.31. The highest BCUT2D eigenvalue weighted by molar-refractivity contribution is 5.17. The van der Waals surface area contributed by atoms with Gasteiger partial charge in [0, 0.05) is 6.61 Å². The minimum absolute atomic E-state index is 0.130. The molecule has 0 aromatic rings. The van der Waals surface area contributed by atoms with Gasteiger partial charge in [-0.25, -0.2) is 0 Å². The molecule has 2 N–H and O–H groups in total. The van der Waals surface area contributed by atoms with Crippen LogP contribution in [0.25, 0.3) is 0 Å². The van der Waals surface area contributed by atoms with Crippen molar-refractivity contribution in [2.45, 2.75) is 20.8 Å². The van der Waals surface area contributed by atoms with Crippen molar-refractivity contribution in [3.05, 3.63) is 11.6 Å². The van der Waals surface area contributed by atoms with E-state index in [2.05, 4.69) is 19.9 Å². The van der Waals surface area contributed by atoms with E-state index in [0.717, 1.165) is 5.57 Å². The molecule has 0 aromatic carbocycles. The van der Waals surface area contributed by atoms with Crippen LogP contribution in [0.5, 0.6) is 0 Å². The summed E-state index contributed by atoms with van der Waals surface area (Å²) in [5, 5.41) is 17.8. The summed E-state index contributed by atoms with van der Waals surface area (Å²) in [7, 11) is 0. The van der Waals surface area contributed by atoms with Gasteiger partial charge in [-0.15, -0.1) is 0 Å². The third-order valence-corrected chi connectivity index (χ3v) is 3.05. The van der Waals surface area contributed by atoms with E-state index in [0.29, 0.717) is 11.8 Å². The van der Waals surface area contributed by atoms with Crippen LogP contribution in [-0.2, 0) is 0 Å². The van der Waals surface area contributed by atoms with E-state index in [1.165, 1.54) is 0 Å². The second kappa shape index (κ2) is 3.19. The van der Waals surface area contributed by atoms with Gasteiger partial charge in [0.25, 0.3) is 0 Å². The molecule has 0 radical (unpaired) electrons. The largest absolute Gasteiger partial charge is 0.396 e. The summed E-state index contributed by atoms with van der Waals surface area (Å²) in [6.07, 6.45) is 2.08. The first-order chi connectivity index (χ1) is 5.54. The average Bonchev–Trinajstić information content (AvgIpc) is 2.53.